The highest BCUT2D eigenvalue weighted by Gasteiger charge is 2.09. The van der Waals surface area contributed by atoms with Gasteiger partial charge in [-0.05, 0) is 42.7 Å². The smallest absolute Gasteiger partial charge is 0.180 e. The Balaban J connectivity index is 2.62. The van der Waals surface area contributed by atoms with Gasteiger partial charge < -0.3 is 5.73 Å². The Kier molecular flexibility index (Phi) is 2.67. The van der Waals surface area contributed by atoms with Gasteiger partial charge in [-0.15, -0.1) is 0 Å². The predicted molar refractivity (Wildman–Crippen MR) is 66.4 cm³/mol. The van der Waals surface area contributed by atoms with E-state index in [1.165, 1.54) is 16.9 Å². The summed E-state index contributed by atoms with van der Waals surface area (Å²) in [5.41, 5.74) is 9.13. The number of anilines is 1. The van der Waals surface area contributed by atoms with E-state index in [0.29, 0.717) is 5.13 Å². The van der Waals surface area contributed by atoms with Crippen LogP contribution in [0.5, 0.6) is 0 Å². The van der Waals surface area contributed by atoms with Crippen molar-refractivity contribution in [3.63, 3.8) is 0 Å². The molecule has 0 bridgehead atoms. The van der Waals surface area contributed by atoms with Crippen LogP contribution in [-0.2, 0) is 0 Å². The van der Waals surface area contributed by atoms with E-state index < -0.39 is 0 Å². The van der Waals surface area contributed by atoms with Gasteiger partial charge in [-0.1, -0.05) is 22.9 Å². The highest BCUT2D eigenvalue weighted by atomic mass is 35.5. The van der Waals surface area contributed by atoms with Crippen LogP contribution in [0.15, 0.2) is 18.3 Å². The van der Waals surface area contributed by atoms with Crippen molar-refractivity contribution in [3.8, 4) is 10.4 Å². The van der Waals surface area contributed by atoms with Crippen molar-refractivity contribution >= 4 is 28.1 Å². The Hall–Kier alpha value is -1.06. The average Bonchev–Trinajstić information content (AvgIpc) is 2.49. The Morgan fingerprint density at radius 3 is 2.33 bits per heavy atom. The minimum Gasteiger partial charge on any atom is -0.375 e. The number of nitrogens with zero attached hydrogens (tertiary/aromatic N) is 1. The van der Waals surface area contributed by atoms with Crippen molar-refractivity contribution in [2.45, 2.75) is 13.8 Å². The van der Waals surface area contributed by atoms with Gasteiger partial charge in [0.2, 0.25) is 0 Å². The highest BCUT2D eigenvalue weighted by molar-refractivity contribution is 7.18. The molecule has 0 aliphatic rings. The zero-order chi connectivity index (χ0) is 11.0. The lowest BCUT2D eigenvalue weighted by Crippen LogP contribution is -1.85. The number of aryl methyl sites for hydroxylation is 2. The van der Waals surface area contributed by atoms with Crippen molar-refractivity contribution in [2.24, 2.45) is 0 Å². The van der Waals surface area contributed by atoms with Gasteiger partial charge >= 0.3 is 0 Å². The molecule has 2 N–H and O–H groups in total. The number of nitrogens with two attached hydrogens (primary N) is 1. The normalized spacial score (nSPS) is 10.6. The predicted octanol–water partition coefficient (Wildman–Crippen LogP) is 3.66. The van der Waals surface area contributed by atoms with Gasteiger partial charge in [0.05, 0.1) is 4.88 Å². The lowest BCUT2D eigenvalue weighted by Gasteiger charge is -2.07. The Morgan fingerprint density at radius 1 is 1.27 bits per heavy atom. The quantitative estimate of drug-likeness (QED) is 0.824. The molecule has 0 saturated heterocycles. The minimum atomic E-state index is 0.596. The van der Waals surface area contributed by atoms with E-state index >= 15 is 0 Å². The van der Waals surface area contributed by atoms with Crippen LogP contribution in [0.2, 0.25) is 5.02 Å². The molecule has 0 aliphatic heterocycles. The number of thiazole rings is 1. The van der Waals surface area contributed by atoms with Crippen molar-refractivity contribution in [1.82, 2.24) is 4.98 Å². The molecule has 2 nitrogen and oxygen atoms in total. The first-order valence-electron chi connectivity index (χ1n) is 4.56. The molecule has 1 aromatic carbocycles. The number of aromatic nitrogens is 1. The summed E-state index contributed by atoms with van der Waals surface area (Å²) >= 11 is 7.48. The van der Waals surface area contributed by atoms with Gasteiger partial charge in [0.1, 0.15) is 0 Å². The third kappa shape index (κ3) is 1.98. The number of nitrogen functional groups attached to an aromatic ring is 1. The summed E-state index contributed by atoms with van der Waals surface area (Å²) in [6, 6.07) is 3.92. The van der Waals surface area contributed by atoms with E-state index in [-0.39, 0.29) is 0 Å². The van der Waals surface area contributed by atoms with E-state index in [9.17, 15) is 0 Å². The molecular formula is C11H11ClN2S. The highest BCUT2D eigenvalue weighted by Crippen LogP contribution is 2.34. The fraction of sp³-hybridized carbons (Fsp3) is 0.182. The minimum absolute atomic E-state index is 0.596. The van der Waals surface area contributed by atoms with Gasteiger partial charge in [0.15, 0.2) is 5.13 Å². The van der Waals surface area contributed by atoms with Crippen LogP contribution in [0.4, 0.5) is 5.13 Å². The third-order valence-corrected chi connectivity index (χ3v) is 3.33. The fourth-order valence-corrected chi connectivity index (χ4v) is 2.89. The molecular weight excluding hydrogens is 228 g/mol. The monoisotopic (exact) mass is 238 g/mol. The maximum Gasteiger partial charge on any atom is 0.180 e. The first-order chi connectivity index (χ1) is 7.08. The van der Waals surface area contributed by atoms with E-state index in [1.54, 1.807) is 0 Å². The number of hydrogen-bond acceptors (Lipinski definition) is 3. The standard InChI is InChI=1S/C11H11ClN2S/c1-6-3-8(12)4-7(2)10(6)9-5-14-11(13)15-9/h3-5H,1-2H3,(H2,13,14). The Bertz CT molecular complexity index is 482. The summed E-state index contributed by atoms with van der Waals surface area (Å²) in [6.07, 6.45) is 1.81. The second-order valence-electron chi connectivity index (χ2n) is 3.48. The third-order valence-electron chi connectivity index (χ3n) is 2.27. The van der Waals surface area contributed by atoms with Crippen LogP contribution in [0, 0.1) is 13.8 Å². The van der Waals surface area contributed by atoms with E-state index in [1.807, 2.05) is 32.2 Å². The summed E-state index contributed by atoms with van der Waals surface area (Å²) in [7, 11) is 0. The molecule has 0 saturated carbocycles. The first kappa shape index (κ1) is 10.5. The zero-order valence-corrected chi connectivity index (χ0v) is 10.1. The number of hydrogen-bond donors (Lipinski definition) is 1. The largest absolute Gasteiger partial charge is 0.375 e. The molecule has 0 unspecified atom stereocenters. The average molecular weight is 239 g/mol. The number of benzene rings is 1. The second-order valence-corrected chi connectivity index (χ2v) is 4.98. The fourth-order valence-electron chi connectivity index (χ4n) is 1.70. The molecule has 2 aromatic rings. The van der Waals surface area contributed by atoms with Crippen molar-refractivity contribution < 1.29 is 0 Å². The van der Waals surface area contributed by atoms with Crippen LogP contribution in [0.1, 0.15) is 11.1 Å². The van der Waals surface area contributed by atoms with Crippen LogP contribution in [0.25, 0.3) is 10.4 Å². The maximum atomic E-state index is 5.98. The molecule has 78 valence electrons. The van der Waals surface area contributed by atoms with Crippen LogP contribution >= 0.6 is 22.9 Å². The number of rotatable bonds is 1. The first-order valence-corrected chi connectivity index (χ1v) is 5.76. The topological polar surface area (TPSA) is 38.9 Å². The maximum absolute atomic E-state index is 5.98. The van der Waals surface area contributed by atoms with Crippen LogP contribution < -0.4 is 5.73 Å². The van der Waals surface area contributed by atoms with E-state index in [4.69, 9.17) is 17.3 Å². The lowest BCUT2D eigenvalue weighted by atomic mass is 10.0. The second kappa shape index (κ2) is 3.83. The zero-order valence-electron chi connectivity index (χ0n) is 8.54. The van der Waals surface area contributed by atoms with Gasteiger partial charge in [0.25, 0.3) is 0 Å². The summed E-state index contributed by atoms with van der Waals surface area (Å²) in [4.78, 5) is 5.16. The van der Waals surface area contributed by atoms with Crippen LogP contribution in [0.3, 0.4) is 0 Å². The van der Waals surface area contributed by atoms with Crippen LogP contribution in [-0.4, -0.2) is 4.98 Å². The molecule has 0 amide bonds. The molecule has 0 fully saturated rings. The van der Waals surface area contributed by atoms with Crippen molar-refractivity contribution in [2.75, 3.05) is 5.73 Å². The summed E-state index contributed by atoms with van der Waals surface area (Å²) < 4.78 is 0. The van der Waals surface area contributed by atoms with E-state index in [0.717, 1.165) is 21.0 Å². The van der Waals surface area contributed by atoms with Crippen molar-refractivity contribution in [1.29, 1.82) is 0 Å². The SMILES string of the molecule is Cc1cc(Cl)cc(C)c1-c1cnc(N)s1. The molecule has 0 radical (unpaired) electrons. The van der Waals surface area contributed by atoms with Crippen molar-refractivity contribution in [3.05, 3.63) is 34.5 Å². The number of halogens is 1. The molecule has 0 aliphatic carbocycles. The molecule has 1 heterocycles. The molecule has 0 atom stereocenters. The van der Waals surface area contributed by atoms with Gasteiger partial charge in [-0.3, -0.25) is 0 Å². The molecule has 2 rings (SSSR count). The summed E-state index contributed by atoms with van der Waals surface area (Å²) in [5, 5.41) is 1.37. The molecule has 1 aromatic heterocycles. The molecule has 0 spiro atoms. The summed E-state index contributed by atoms with van der Waals surface area (Å²) in [5.74, 6) is 0. The molecule has 4 heteroatoms. The van der Waals surface area contributed by atoms with Gasteiger partial charge in [0, 0.05) is 11.2 Å². The Morgan fingerprint density at radius 2 is 1.87 bits per heavy atom. The van der Waals surface area contributed by atoms with Gasteiger partial charge in [-0.25, -0.2) is 4.98 Å². The Labute approximate surface area is 97.7 Å². The summed E-state index contributed by atoms with van der Waals surface area (Å²) in [6.45, 7) is 4.09. The van der Waals surface area contributed by atoms with E-state index in [2.05, 4.69) is 4.98 Å². The lowest BCUT2D eigenvalue weighted by molar-refractivity contribution is 1.37. The van der Waals surface area contributed by atoms with Gasteiger partial charge in [-0.2, -0.15) is 0 Å². The molecule has 15 heavy (non-hydrogen) atoms.